The predicted molar refractivity (Wildman–Crippen MR) is 114 cm³/mol. The van der Waals surface area contributed by atoms with Gasteiger partial charge in [0.1, 0.15) is 10.6 Å². The minimum absolute atomic E-state index is 0.0844. The summed E-state index contributed by atoms with van der Waals surface area (Å²) in [5, 5.41) is 0. The molecule has 0 unspecified atom stereocenters. The van der Waals surface area contributed by atoms with Crippen LogP contribution in [0, 0.1) is 12.8 Å². The van der Waals surface area contributed by atoms with Gasteiger partial charge in [-0.05, 0) is 56.7 Å². The SMILES string of the molecule is Cc1c(S(=O)(=O)N2c3ccccc3C[C@@H]2C)cc(C(=O)N2CCC(C)CC2)n1C. The van der Waals surface area contributed by atoms with Gasteiger partial charge in [0.2, 0.25) is 0 Å². The molecule has 2 aromatic rings. The maximum absolute atomic E-state index is 13.6. The van der Waals surface area contributed by atoms with Crippen molar-refractivity contribution in [2.75, 3.05) is 17.4 Å². The van der Waals surface area contributed by atoms with E-state index in [0.29, 0.717) is 23.7 Å². The molecule has 1 atom stereocenters. The van der Waals surface area contributed by atoms with Crippen molar-refractivity contribution >= 4 is 21.6 Å². The van der Waals surface area contributed by atoms with E-state index in [1.807, 2.05) is 36.1 Å². The van der Waals surface area contributed by atoms with Gasteiger partial charge in [0.25, 0.3) is 15.9 Å². The van der Waals surface area contributed by atoms with E-state index < -0.39 is 10.0 Å². The number of rotatable bonds is 3. The lowest BCUT2D eigenvalue weighted by atomic mass is 9.99. The number of nitrogens with zero attached hydrogens (tertiary/aromatic N) is 3. The quantitative estimate of drug-likeness (QED) is 0.772. The van der Waals surface area contributed by atoms with E-state index in [9.17, 15) is 13.2 Å². The minimum Gasteiger partial charge on any atom is -0.343 e. The van der Waals surface area contributed by atoms with Crippen molar-refractivity contribution in [3.63, 3.8) is 0 Å². The lowest BCUT2D eigenvalue weighted by molar-refractivity contribution is 0.0687. The molecule has 1 fully saturated rings. The van der Waals surface area contributed by atoms with Crippen LogP contribution in [0.25, 0.3) is 0 Å². The Labute approximate surface area is 173 Å². The Morgan fingerprint density at radius 2 is 1.76 bits per heavy atom. The molecule has 0 bridgehead atoms. The first-order valence-corrected chi connectivity index (χ1v) is 11.7. The number of likely N-dealkylation sites (tertiary alicyclic amines) is 1. The smallest absolute Gasteiger partial charge is 0.270 e. The molecule has 1 saturated heterocycles. The summed E-state index contributed by atoms with van der Waals surface area (Å²) < 4.78 is 30.5. The molecule has 0 radical (unpaired) electrons. The topological polar surface area (TPSA) is 62.6 Å². The van der Waals surface area contributed by atoms with Gasteiger partial charge in [0, 0.05) is 31.9 Å². The summed E-state index contributed by atoms with van der Waals surface area (Å²) in [6, 6.07) is 9.05. The van der Waals surface area contributed by atoms with E-state index >= 15 is 0 Å². The highest BCUT2D eigenvalue weighted by molar-refractivity contribution is 7.93. The Morgan fingerprint density at radius 1 is 1.10 bits per heavy atom. The number of amides is 1. The van der Waals surface area contributed by atoms with E-state index in [2.05, 4.69) is 6.92 Å². The number of anilines is 1. The number of hydrogen-bond donors (Lipinski definition) is 0. The first kappa shape index (κ1) is 20.0. The second-order valence-electron chi connectivity index (χ2n) is 8.50. The standard InChI is InChI=1S/C22H29N3O3S/c1-15-9-11-24(12-10-15)22(26)20-14-21(17(3)23(20)4)29(27,28)25-16(2)13-18-7-5-6-8-19(18)25/h5-8,14-16H,9-13H2,1-4H3/t16-/m0/s1. The van der Waals surface area contributed by atoms with Crippen molar-refractivity contribution in [1.29, 1.82) is 0 Å². The minimum atomic E-state index is -3.76. The maximum atomic E-state index is 13.6. The molecule has 3 heterocycles. The Balaban J connectivity index is 1.71. The lowest BCUT2D eigenvalue weighted by Crippen LogP contribution is -2.38. The summed E-state index contributed by atoms with van der Waals surface area (Å²) in [6.07, 6.45) is 2.67. The number of aromatic nitrogens is 1. The number of piperidine rings is 1. The molecule has 1 aromatic heterocycles. The predicted octanol–water partition coefficient (Wildman–Crippen LogP) is 3.35. The molecule has 2 aliphatic heterocycles. The average Bonchev–Trinajstić information content (AvgIpc) is 3.19. The molecule has 156 valence electrons. The maximum Gasteiger partial charge on any atom is 0.270 e. The van der Waals surface area contributed by atoms with E-state index in [1.165, 1.54) is 4.31 Å². The van der Waals surface area contributed by atoms with Crippen LogP contribution in [0.2, 0.25) is 0 Å². The fourth-order valence-electron chi connectivity index (χ4n) is 4.52. The van der Waals surface area contributed by atoms with Crippen LogP contribution in [-0.2, 0) is 23.5 Å². The number of para-hydroxylation sites is 1. The second kappa shape index (κ2) is 7.20. The van der Waals surface area contributed by atoms with Crippen LogP contribution >= 0.6 is 0 Å². The number of carbonyl (C=O) groups is 1. The van der Waals surface area contributed by atoms with Gasteiger partial charge in [-0.1, -0.05) is 25.1 Å². The number of hydrogen-bond acceptors (Lipinski definition) is 3. The summed E-state index contributed by atoms with van der Waals surface area (Å²) in [6.45, 7) is 7.35. The van der Waals surface area contributed by atoms with E-state index in [0.717, 1.165) is 37.2 Å². The zero-order valence-corrected chi connectivity index (χ0v) is 18.4. The number of benzene rings is 1. The number of sulfonamides is 1. The van der Waals surface area contributed by atoms with E-state index in [1.54, 1.807) is 24.6 Å². The van der Waals surface area contributed by atoms with Gasteiger partial charge in [-0.25, -0.2) is 8.42 Å². The molecule has 0 N–H and O–H groups in total. The Bertz CT molecular complexity index is 1050. The van der Waals surface area contributed by atoms with Gasteiger partial charge < -0.3 is 9.47 Å². The highest BCUT2D eigenvalue weighted by Gasteiger charge is 2.38. The van der Waals surface area contributed by atoms with Crippen molar-refractivity contribution < 1.29 is 13.2 Å². The van der Waals surface area contributed by atoms with Crippen LogP contribution in [0.5, 0.6) is 0 Å². The molecular weight excluding hydrogens is 386 g/mol. The van der Waals surface area contributed by atoms with E-state index in [4.69, 9.17) is 0 Å². The monoisotopic (exact) mass is 415 g/mol. The van der Waals surface area contributed by atoms with E-state index in [-0.39, 0.29) is 16.8 Å². The fraction of sp³-hybridized carbons (Fsp3) is 0.500. The van der Waals surface area contributed by atoms with Crippen molar-refractivity contribution in [2.24, 2.45) is 13.0 Å². The first-order valence-electron chi connectivity index (χ1n) is 10.3. The summed E-state index contributed by atoms with van der Waals surface area (Å²) in [7, 11) is -1.99. The molecule has 0 saturated carbocycles. The Morgan fingerprint density at radius 3 is 2.45 bits per heavy atom. The first-order chi connectivity index (χ1) is 13.7. The zero-order chi connectivity index (χ0) is 20.9. The average molecular weight is 416 g/mol. The number of fused-ring (bicyclic) bond motifs is 1. The van der Waals surface area contributed by atoms with Crippen molar-refractivity contribution in [1.82, 2.24) is 9.47 Å². The highest BCUT2D eigenvalue weighted by Crippen LogP contribution is 2.37. The highest BCUT2D eigenvalue weighted by atomic mass is 32.2. The second-order valence-corrected chi connectivity index (χ2v) is 10.3. The van der Waals surface area contributed by atoms with Crippen LogP contribution < -0.4 is 4.31 Å². The van der Waals surface area contributed by atoms with Crippen molar-refractivity contribution in [3.8, 4) is 0 Å². The number of carbonyl (C=O) groups excluding carboxylic acids is 1. The van der Waals surface area contributed by atoms with Gasteiger partial charge in [0.05, 0.1) is 5.69 Å². The summed E-state index contributed by atoms with van der Waals surface area (Å²) in [5.74, 6) is 0.542. The fourth-order valence-corrected chi connectivity index (χ4v) is 6.49. The van der Waals surface area contributed by atoms with Crippen LogP contribution in [0.4, 0.5) is 5.69 Å². The molecule has 7 heteroatoms. The Hall–Kier alpha value is -2.28. The summed E-state index contributed by atoms with van der Waals surface area (Å²) in [4.78, 5) is 15.2. The molecule has 2 aliphatic rings. The van der Waals surface area contributed by atoms with Crippen molar-refractivity contribution in [3.05, 3.63) is 47.3 Å². The van der Waals surface area contributed by atoms with Crippen LogP contribution in [0.1, 0.15) is 48.4 Å². The largest absolute Gasteiger partial charge is 0.343 e. The van der Waals surface area contributed by atoms with Gasteiger partial charge in [-0.3, -0.25) is 9.10 Å². The molecule has 4 rings (SSSR count). The van der Waals surface area contributed by atoms with Crippen LogP contribution in [0.3, 0.4) is 0 Å². The summed E-state index contributed by atoms with van der Waals surface area (Å²) >= 11 is 0. The third kappa shape index (κ3) is 3.25. The normalized spacial score (nSPS) is 20.2. The molecule has 29 heavy (non-hydrogen) atoms. The van der Waals surface area contributed by atoms with Crippen LogP contribution in [-0.4, -0.2) is 42.9 Å². The van der Waals surface area contributed by atoms with Gasteiger partial charge in [-0.2, -0.15) is 0 Å². The summed E-state index contributed by atoms with van der Waals surface area (Å²) in [5.41, 5.74) is 2.81. The Kier molecular flexibility index (Phi) is 4.97. The zero-order valence-electron chi connectivity index (χ0n) is 17.6. The van der Waals surface area contributed by atoms with Gasteiger partial charge in [0.15, 0.2) is 0 Å². The van der Waals surface area contributed by atoms with Gasteiger partial charge >= 0.3 is 0 Å². The van der Waals surface area contributed by atoms with Crippen molar-refractivity contribution in [2.45, 2.75) is 51.0 Å². The third-order valence-electron chi connectivity index (χ3n) is 6.46. The lowest BCUT2D eigenvalue weighted by Gasteiger charge is -2.30. The molecule has 6 nitrogen and oxygen atoms in total. The molecular formula is C22H29N3O3S. The molecule has 0 aliphatic carbocycles. The van der Waals surface area contributed by atoms with Crippen LogP contribution in [0.15, 0.2) is 35.2 Å². The molecule has 1 aromatic carbocycles. The molecule has 1 amide bonds. The molecule has 0 spiro atoms. The third-order valence-corrected chi connectivity index (χ3v) is 8.50. The van der Waals surface area contributed by atoms with Gasteiger partial charge in [-0.15, -0.1) is 0 Å².